The van der Waals surface area contributed by atoms with Gasteiger partial charge in [0.1, 0.15) is 0 Å². The van der Waals surface area contributed by atoms with Gasteiger partial charge in [-0.25, -0.2) is 0 Å². The van der Waals surface area contributed by atoms with Gasteiger partial charge in [0.2, 0.25) is 5.91 Å². The molecule has 0 radical (unpaired) electrons. The zero-order valence-electron chi connectivity index (χ0n) is 16.3. The first kappa shape index (κ1) is 24.0. The van der Waals surface area contributed by atoms with Gasteiger partial charge in [-0.3, -0.25) is 4.79 Å². The quantitative estimate of drug-likeness (QED) is 0.774. The molecule has 3 rings (SSSR count). The fraction of sp³-hybridized carbons (Fsp3) is 0.947. The number of carbonyl (C=O) groups excluding carboxylic acids is 1. The van der Waals surface area contributed by atoms with E-state index < -0.39 is 0 Å². The summed E-state index contributed by atoms with van der Waals surface area (Å²) in [6.07, 6.45) is 7.13. The van der Waals surface area contributed by atoms with Crippen LogP contribution in [0.15, 0.2) is 0 Å². The Morgan fingerprint density at radius 2 is 1.42 bits per heavy atom. The first-order chi connectivity index (χ1) is 11.6. The van der Waals surface area contributed by atoms with E-state index in [9.17, 15) is 4.79 Å². The van der Waals surface area contributed by atoms with Crippen molar-refractivity contribution in [3.8, 4) is 0 Å². The van der Waals surface area contributed by atoms with Gasteiger partial charge in [0.25, 0.3) is 0 Å². The molecule has 0 aliphatic carbocycles. The number of carbonyl (C=O) groups is 1. The number of amides is 1. The summed E-state index contributed by atoms with van der Waals surface area (Å²) in [6.45, 7) is 8.07. The molecule has 1 N–H and O–H groups in total. The minimum atomic E-state index is -0.0621. The zero-order chi connectivity index (χ0) is 16.9. The number of nitrogens with zero attached hydrogens (tertiary/aromatic N) is 2. The summed E-state index contributed by atoms with van der Waals surface area (Å²) in [5, 5.41) is 3.52. The fourth-order valence-corrected chi connectivity index (χ4v) is 4.65. The van der Waals surface area contributed by atoms with Gasteiger partial charge >= 0.3 is 0 Å². The highest BCUT2D eigenvalue weighted by atomic mass is 35.5. The van der Waals surface area contributed by atoms with Gasteiger partial charge in [0.15, 0.2) is 0 Å². The molecule has 3 heterocycles. The van der Waals surface area contributed by atoms with Gasteiger partial charge in [-0.15, -0.1) is 24.8 Å². The highest BCUT2D eigenvalue weighted by molar-refractivity contribution is 5.85. The van der Waals surface area contributed by atoms with Gasteiger partial charge in [0.05, 0.1) is 6.04 Å². The number of nitrogens with one attached hydrogen (secondary N) is 1. The highest BCUT2D eigenvalue weighted by Gasteiger charge is 2.32. The molecule has 3 aliphatic heterocycles. The summed E-state index contributed by atoms with van der Waals surface area (Å²) in [5.41, 5.74) is 0. The normalized spacial score (nSPS) is 25.2. The molecule has 3 fully saturated rings. The Labute approximate surface area is 171 Å². The van der Waals surface area contributed by atoms with E-state index >= 15 is 0 Å². The molecule has 0 aromatic heterocycles. The molecule has 1 atom stereocenters. The zero-order valence-corrected chi connectivity index (χ0v) is 18.0. The molecular formula is C19H37Cl2N3O2. The van der Waals surface area contributed by atoms with Gasteiger partial charge in [0, 0.05) is 32.3 Å². The number of piperidine rings is 2. The molecule has 0 bridgehead atoms. The van der Waals surface area contributed by atoms with Crippen molar-refractivity contribution < 1.29 is 9.53 Å². The maximum absolute atomic E-state index is 12.7. The van der Waals surface area contributed by atoms with Crippen molar-refractivity contribution in [2.24, 2.45) is 11.8 Å². The van der Waals surface area contributed by atoms with Crippen molar-refractivity contribution >= 4 is 30.7 Å². The molecule has 0 spiro atoms. The molecule has 0 aromatic rings. The molecule has 5 nitrogen and oxygen atoms in total. The largest absolute Gasteiger partial charge is 0.381 e. The Morgan fingerprint density at radius 3 is 1.96 bits per heavy atom. The van der Waals surface area contributed by atoms with Crippen LogP contribution in [0, 0.1) is 11.8 Å². The van der Waals surface area contributed by atoms with Crippen LogP contribution in [-0.4, -0.2) is 74.2 Å². The molecule has 3 aliphatic rings. The maximum atomic E-state index is 12.7. The third-order valence-corrected chi connectivity index (χ3v) is 6.36. The summed E-state index contributed by atoms with van der Waals surface area (Å²) >= 11 is 0. The second-order valence-corrected chi connectivity index (χ2v) is 8.08. The van der Waals surface area contributed by atoms with E-state index in [-0.39, 0.29) is 30.9 Å². The number of halogens is 2. The molecule has 0 saturated carbocycles. The van der Waals surface area contributed by atoms with Crippen molar-refractivity contribution in [1.29, 1.82) is 0 Å². The van der Waals surface area contributed by atoms with Crippen LogP contribution in [0.3, 0.4) is 0 Å². The van der Waals surface area contributed by atoms with Gasteiger partial charge < -0.3 is 19.9 Å². The van der Waals surface area contributed by atoms with Crippen LogP contribution in [-0.2, 0) is 9.53 Å². The molecule has 3 saturated heterocycles. The fourth-order valence-electron chi connectivity index (χ4n) is 4.65. The molecule has 1 amide bonds. The smallest absolute Gasteiger partial charge is 0.239 e. The lowest BCUT2D eigenvalue weighted by molar-refractivity contribution is -0.135. The predicted molar refractivity (Wildman–Crippen MR) is 110 cm³/mol. The monoisotopic (exact) mass is 409 g/mol. The average molecular weight is 410 g/mol. The number of likely N-dealkylation sites (tertiary alicyclic amines) is 2. The molecular weight excluding hydrogens is 373 g/mol. The summed E-state index contributed by atoms with van der Waals surface area (Å²) < 4.78 is 5.40. The first-order valence-electron chi connectivity index (χ1n) is 9.94. The van der Waals surface area contributed by atoms with E-state index in [0.29, 0.717) is 11.9 Å². The second kappa shape index (κ2) is 11.7. The van der Waals surface area contributed by atoms with E-state index in [1.54, 1.807) is 0 Å². The lowest BCUT2D eigenvalue weighted by Gasteiger charge is -2.40. The maximum Gasteiger partial charge on any atom is 0.239 e. The summed E-state index contributed by atoms with van der Waals surface area (Å²) in [6, 6.07) is 0.377. The van der Waals surface area contributed by atoms with Crippen LogP contribution in [0.5, 0.6) is 0 Å². The SMILES string of the molecule is CC(NC1CCOCC1)C(=O)N1CCC(C2CCN(C)CC2)CC1.Cl.Cl. The van der Waals surface area contributed by atoms with E-state index in [2.05, 4.69) is 22.2 Å². The number of ether oxygens (including phenoxy) is 1. The number of hydrogen-bond donors (Lipinski definition) is 1. The predicted octanol–water partition coefficient (Wildman–Crippen LogP) is 2.57. The second-order valence-electron chi connectivity index (χ2n) is 8.08. The average Bonchev–Trinajstić information content (AvgIpc) is 2.63. The molecule has 1 unspecified atom stereocenters. The van der Waals surface area contributed by atoms with Crippen molar-refractivity contribution in [2.75, 3.05) is 46.4 Å². The standard InChI is InChI=1S/C19H35N3O2.2ClH/c1-15(20-18-7-13-24-14-8-18)19(23)22-11-5-17(6-12-22)16-3-9-21(2)10-4-16;;/h15-18,20H,3-14H2,1-2H3;2*1H. The van der Waals surface area contributed by atoms with E-state index in [4.69, 9.17) is 4.74 Å². The van der Waals surface area contributed by atoms with Crippen LogP contribution in [0.25, 0.3) is 0 Å². The van der Waals surface area contributed by atoms with Crippen LogP contribution in [0.4, 0.5) is 0 Å². The Hall–Kier alpha value is -0.0700. The first-order valence-corrected chi connectivity index (χ1v) is 9.94. The van der Waals surface area contributed by atoms with Crippen molar-refractivity contribution in [1.82, 2.24) is 15.1 Å². The van der Waals surface area contributed by atoms with Crippen molar-refractivity contribution in [2.45, 2.75) is 57.5 Å². The van der Waals surface area contributed by atoms with Gasteiger partial charge in [-0.05, 0) is 77.4 Å². The van der Waals surface area contributed by atoms with Gasteiger partial charge in [-0.2, -0.15) is 0 Å². The van der Waals surface area contributed by atoms with E-state index in [0.717, 1.165) is 51.0 Å². The Bertz CT molecular complexity index is 406. The lowest BCUT2D eigenvalue weighted by Crippen LogP contribution is -2.51. The molecule has 7 heteroatoms. The summed E-state index contributed by atoms with van der Waals surface area (Å²) in [4.78, 5) is 17.3. The molecule has 0 aromatic carbocycles. The third kappa shape index (κ3) is 6.52. The highest BCUT2D eigenvalue weighted by Crippen LogP contribution is 2.32. The molecule has 154 valence electrons. The van der Waals surface area contributed by atoms with Crippen LogP contribution >= 0.6 is 24.8 Å². The number of rotatable bonds is 4. The lowest BCUT2D eigenvalue weighted by atomic mass is 9.79. The minimum Gasteiger partial charge on any atom is -0.381 e. The Morgan fingerprint density at radius 1 is 0.923 bits per heavy atom. The third-order valence-electron chi connectivity index (χ3n) is 6.36. The van der Waals surface area contributed by atoms with Crippen molar-refractivity contribution in [3.05, 3.63) is 0 Å². The topological polar surface area (TPSA) is 44.8 Å². The van der Waals surface area contributed by atoms with Gasteiger partial charge in [-0.1, -0.05) is 0 Å². The van der Waals surface area contributed by atoms with Crippen LogP contribution in [0.2, 0.25) is 0 Å². The summed E-state index contributed by atoms with van der Waals surface area (Å²) in [7, 11) is 2.23. The van der Waals surface area contributed by atoms with Crippen LogP contribution in [0.1, 0.15) is 45.4 Å². The van der Waals surface area contributed by atoms with E-state index in [1.807, 2.05) is 6.92 Å². The Balaban J connectivity index is 0.00000169. The summed E-state index contributed by atoms with van der Waals surface area (Å²) in [5.74, 6) is 2.01. The van der Waals surface area contributed by atoms with Crippen molar-refractivity contribution in [3.63, 3.8) is 0 Å². The van der Waals surface area contributed by atoms with E-state index in [1.165, 1.54) is 38.8 Å². The Kier molecular flexibility index (Phi) is 10.8. The molecule has 26 heavy (non-hydrogen) atoms. The minimum absolute atomic E-state index is 0. The van der Waals surface area contributed by atoms with Crippen LogP contribution < -0.4 is 5.32 Å². The number of hydrogen-bond acceptors (Lipinski definition) is 4.